The molecule has 0 atom stereocenters. The number of hydrogen-bond donors (Lipinski definition) is 3. The largest absolute Gasteiger partial charge is 0.359 e. The van der Waals surface area contributed by atoms with Crippen LogP contribution in [0.25, 0.3) is 0 Å². The second kappa shape index (κ2) is 6.89. The third-order valence-electron chi connectivity index (χ3n) is 2.93. The van der Waals surface area contributed by atoms with Crippen molar-refractivity contribution in [3.63, 3.8) is 0 Å². The van der Waals surface area contributed by atoms with E-state index in [0.29, 0.717) is 18.8 Å². The van der Waals surface area contributed by atoms with Crippen LogP contribution in [-0.4, -0.2) is 36.5 Å². The molecule has 1 aromatic rings. The van der Waals surface area contributed by atoms with Gasteiger partial charge in [0, 0.05) is 39.0 Å². The molecule has 0 bridgehead atoms. The van der Waals surface area contributed by atoms with Gasteiger partial charge in [-0.05, 0) is 6.92 Å². The zero-order valence-electron chi connectivity index (χ0n) is 11.9. The summed E-state index contributed by atoms with van der Waals surface area (Å²) in [5.74, 6) is 7.61. The minimum Gasteiger partial charge on any atom is -0.359 e. The van der Waals surface area contributed by atoms with Gasteiger partial charge in [-0.1, -0.05) is 6.92 Å². The third kappa shape index (κ3) is 3.78. The van der Waals surface area contributed by atoms with E-state index in [1.54, 1.807) is 7.05 Å². The maximum absolute atomic E-state index is 11.3. The number of aromatic nitrogens is 2. The Morgan fingerprint density at radius 1 is 1.42 bits per heavy atom. The number of anilines is 2. The van der Waals surface area contributed by atoms with Gasteiger partial charge in [0.15, 0.2) is 0 Å². The van der Waals surface area contributed by atoms with Crippen molar-refractivity contribution < 1.29 is 4.79 Å². The predicted molar refractivity (Wildman–Crippen MR) is 75.9 cm³/mol. The lowest BCUT2D eigenvalue weighted by Gasteiger charge is -2.21. The summed E-state index contributed by atoms with van der Waals surface area (Å²) in [5.41, 5.74) is 3.46. The summed E-state index contributed by atoms with van der Waals surface area (Å²) >= 11 is 0. The molecule has 0 saturated carbocycles. The van der Waals surface area contributed by atoms with Gasteiger partial charge in [-0.3, -0.25) is 4.79 Å². The highest BCUT2D eigenvalue weighted by atomic mass is 16.1. The Bertz CT molecular complexity index is 448. The van der Waals surface area contributed by atoms with Crippen molar-refractivity contribution >= 4 is 17.5 Å². The molecule has 106 valence electrons. The fourth-order valence-corrected chi connectivity index (χ4v) is 1.72. The van der Waals surface area contributed by atoms with E-state index in [1.807, 2.05) is 25.8 Å². The van der Waals surface area contributed by atoms with Crippen LogP contribution >= 0.6 is 0 Å². The molecule has 1 amide bonds. The summed E-state index contributed by atoms with van der Waals surface area (Å²) in [6.07, 6.45) is 1.15. The Kier molecular flexibility index (Phi) is 5.50. The van der Waals surface area contributed by atoms with Gasteiger partial charge in [-0.25, -0.2) is 15.8 Å². The molecule has 1 heterocycles. The molecule has 0 radical (unpaired) electrons. The van der Waals surface area contributed by atoms with Gasteiger partial charge >= 0.3 is 0 Å². The van der Waals surface area contributed by atoms with E-state index >= 15 is 0 Å². The second-order valence-corrected chi connectivity index (χ2v) is 4.28. The number of carbonyl (C=O) groups excluding carboxylic acids is 1. The van der Waals surface area contributed by atoms with Crippen LogP contribution in [0.1, 0.15) is 24.7 Å². The summed E-state index contributed by atoms with van der Waals surface area (Å²) in [6, 6.07) is 0. The van der Waals surface area contributed by atoms with Crippen molar-refractivity contribution in [2.24, 2.45) is 5.84 Å². The number of nitrogens with zero attached hydrogens (tertiary/aromatic N) is 3. The van der Waals surface area contributed by atoms with Crippen LogP contribution < -0.4 is 21.5 Å². The fraction of sp³-hybridized carbons (Fsp3) is 0.583. The Morgan fingerprint density at radius 2 is 2.11 bits per heavy atom. The summed E-state index contributed by atoms with van der Waals surface area (Å²) < 4.78 is 0. The summed E-state index contributed by atoms with van der Waals surface area (Å²) in [5, 5.41) is 2.60. The van der Waals surface area contributed by atoms with Gasteiger partial charge in [-0.15, -0.1) is 0 Å². The quantitative estimate of drug-likeness (QED) is 0.503. The highest BCUT2D eigenvalue weighted by molar-refractivity contribution is 5.76. The van der Waals surface area contributed by atoms with Gasteiger partial charge in [-0.2, -0.15) is 0 Å². The minimum absolute atomic E-state index is 0.00597. The number of hydrogen-bond acceptors (Lipinski definition) is 6. The molecule has 19 heavy (non-hydrogen) atoms. The highest BCUT2D eigenvalue weighted by Gasteiger charge is 2.13. The SMILES string of the molecule is CCc1nc(NN)c(C)c(N(C)CCC(=O)NC)n1. The maximum atomic E-state index is 11.3. The third-order valence-corrected chi connectivity index (χ3v) is 2.93. The topological polar surface area (TPSA) is 96.2 Å². The van der Waals surface area contributed by atoms with Gasteiger partial charge < -0.3 is 15.6 Å². The van der Waals surface area contributed by atoms with Crippen molar-refractivity contribution in [1.29, 1.82) is 0 Å². The first-order valence-corrected chi connectivity index (χ1v) is 6.29. The van der Waals surface area contributed by atoms with Crippen molar-refractivity contribution in [2.45, 2.75) is 26.7 Å². The highest BCUT2D eigenvalue weighted by Crippen LogP contribution is 2.22. The smallest absolute Gasteiger partial charge is 0.221 e. The zero-order chi connectivity index (χ0) is 14.4. The molecular weight excluding hydrogens is 244 g/mol. The number of nitrogens with one attached hydrogen (secondary N) is 2. The maximum Gasteiger partial charge on any atom is 0.221 e. The lowest BCUT2D eigenvalue weighted by Crippen LogP contribution is -2.28. The number of nitrogen functional groups attached to an aromatic ring is 1. The van der Waals surface area contributed by atoms with Crippen molar-refractivity contribution in [3.8, 4) is 0 Å². The van der Waals surface area contributed by atoms with Gasteiger partial charge in [0.25, 0.3) is 0 Å². The summed E-state index contributed by atoms with van der Waals surface area (Å²) in [6.45, 7) is 4.48. The standard InChI is InChI=1S/C12H22N6O/c1-5-9-15-11(17-13)8(2)12(16-9)18(4)7-6-10(19)14-3/h5-7,13H2,1-4H3,(H,14,19)(H,15,16,17). The van der Waals surface area contributed by atoms with Gasteiger partial charge in [0.1, 0.15) is 17.5 Å². The molecule has 0 aliphatic carbocycles. The first-order chi connectivity index (χ1) is 9.03. The number of aryl methyl sites for hydroxylation is 1. The van der Waals surface area contributed by atoms with E-state index in [9.17, 15) is 4.79 Å². The molecule has 7 heteroatoms. The molecule has 0 aromatic carbocycles. The molecule has 0 unspecified atom stereocenters. The van der Waals surface area contributed by atoms with E-state index in [4.69, 9.17) is 5.84 Å². The number of carbonyl (C=O) groups is 1. The van der Waals surface area contributed by atoms with E-state index in [0.717, 1.165) is 23.6 Å². The zero-order valence-corrected chi connectivity index (χ0v) is 11.9. The van der Waals surface area contributed by atoms with Crippen LogP contribution in [0.15, 0.2) is 0 Å². The first-order valence-electron chi connectivity index (χ1n) is 6.29. The molecule has 1 rings (SSSR count). The van der Waals surface area contributed by atoms with Crippen LogP contribution in [0.5, 0.6) is 0 Å². The minimum atomic E-state index is 0.00597. The Hall–Kier alpha value is -1.89. The molecule has 0 saturated heterocycles. The number of rotatable bonds is 6. The van der Waals surface area contributed by atoms with Crippen molar-refractivity contribution in [2.75, 3.05) is 31.0 Å². The van der Waals surface area contributed by atoms with E-state index in [-0.39, 0.29) is 5.91 Å². The molecule has 0 aliphatic rings. The van der Waals surface area contributed by atoms with E-state index in [2.05, 4.69) is 20.7 Å². The number of nitrogens with two attached hydrogens (primary N) is 1. The molecule has 4 N–H and O–H groups in total. The second-order valence-electron chi connectivity index (χ2n) is 4.28. The van der Waals surface area contributed by atoms with Crippen LogP contribution in [0, 0.1) is 6.92 Å². The number of amides is 1. The first kappa shape index (κ1) is 15.2. The lowest BCUT2D eigenvalue weighted by atomic mass is 10.2. The van der Waals surface area contributed by atoms with Crippen LogP contribution in [0.3, 0.4) is 0 Å². The molecule has 1 aromatic heterocycles. The van der Waals surface area contributed by atoms with Crippen molar-refractivity contribution in [3.05, 3.63) is 11.4 Å². The summed E-state index contributed by atoms with van der Waals surface area (Å²) in [7, 11) is 3.53. The normalized spacial score (nSPS) is 10.2. The molecule has 0 aliphatic heterocycles. The Balaban J connectivity index is 2.94. The Labute approximate surface area is 113 Å². The van der Waals surface area contributed by atoms with Crippen molar-refractivity contribution in [1.82, 2.24) is 15.3 Å². The monoisotopic (exact) mass is 266 g/mol. The number of hydrazine groups is 1. The molecule has 7 nitrogen and oxygen atoms in total. The van der Waals surface area contributed by atoms with E-state index < -0.39 is 0 Å². The van der Waals surface area contributed by atoms with Gasteiger partial charge in [0.05, 0.1) is 0 Å². The Morgan fingerprint density at radius 3 is 2.63 bits per heavy atom. The predicted octanol–water partition coefficient (Wildman–Crippen LogP) is 0.205. The van der Waals surface area contributed by atoms with Crippen LogP contribution in [-0.2, 0) is 11.2 Å². The lowest BCUT2D eigenvalue weighted by molar-refractivity contribution is -0.120. The fourth-order valence-electron chi connectivity index (χ4n) is 1.72. The average Bonchev–Trinajstić information content (AvgIpc) is 2.44. The van der Waals surface area contributed by atoms with Crippen LogP contribution in [0.2, 0.25) is 0 Å². The molecular formula is C12H22N6O. The molecule has 0 fully saturated rings. The van der Waals surface area contributed by atoms with Gasteiger partial charge in [0.2, 0.25) is 5.91 Å². The summed E-state index contributed by atoms with van der Waals surface area (Å²) in [4.78, 5) is 22.0. The molecule has 0 spiro atoms. The van der Waals surface area contributed by atoms with Crippen LogP contribution in [0.4, 0.5) is 11.6 Å². The van der Waals surface area contributed by atoms with E-state index in [1.165, 1.54) is 0 Å². The average molecular weight is 266 g/mol.